The van der Waals surface area contributed by atoms with Gasteiger partial charge >= 0.3 is 0 Å². The van der Waals surface area contributed by atoms with Crippen molar-refractivity contribution in [3.8, 4) is 0 Å². The quantitative estimate of drug-likeness (QED) is 0.859. The van der Waals surface area contributed by atoms with Crippen LogP contribution in [0.1, 0.15) is 17.8 Å². The summed E-state index contributed by atoms with van der Waals surface area (Å²) in [7, 11) is 0. The van der Waals surface area contributed by atoms with Crippen LogP contribution in [0.5, 0.6) is 0 Å². The summed E-state index contributed by atoms with van der Waals surface area (Å²) in [6.07, 6.45) is 0. The van der Waals surface area contributed by atoms with E-state index in [0.717, 1.165) is 0 Å². The normalized spacial score (nSPS) is 12.7. The van der Waals surface area contributed by atoms with Crippen molar-refractivity contribution in [2.45, 2.75) is 13.0 Å². The van der Waals surface area contributed by atoms with Gasteiger partial charge in [0.1, 0.15) is 0 Å². The van der Waals surface area contributed by atoms with Crippen LogP contribution in [0.3, 0.4) is 0 Å². The van der Waals surface area contributed by atoms with Gasteiger partial charge in [-0.1, -0.05) is 0 Å². The predicted octanol–water partition coefficient (Wildman–Crippen LogP) is 4.75. The van der Waals surface area contributed by atoms with Crippen molar-refractivity contribution in [3.05, 3.63) is 37.6 Å². The number of rotatable bonds is 3. The van der Waals surface area contributed by atoms with E-state index in [4.69, 9.17) is 0 Å². The summed E-state index contributed by atoms with van der Waals surface area (Å²) in [5.41, 5.74) is 1.20. The Hall–Kier alpha value is -0.320. The second kappa shape index (κ2) is 4.47. The van der Waals surface area contributed by atoms with Gasteiger partial charge in [-0.15, -0.1) is 11.3 Å². The van der Waals surface area contributed by atoms with Crippen LogP contribution in [0.15, 0.2) is 32.7 Å². The zero-order chi connectivity index (χ0) is 9.97. The lowest BCUT2D eigenvalue weighted by Crippen LogP contribution is -2.03. The molecule has 0 spiro atoms. The van der Waals surface area contributed by atoms with Gasteiger partial charge in [-0.3, -0.25) is 0 Å². The van der Waals surface area contributed by atoms with Crippen molar-refractivity contribution >= 4 is 44.3 Å². The molecular formula is C10H10BrNS2. The molecule has 0 radical (unpaired) electrons. The standard InChI is InChI=1S/C10H10BrNS2/c1-7(9-2-3-10(11)14-9)12-8-4-5-13-6-8/h2-7,12H,1H3. The van der Waals surface area contributed by atoms with Crippen molar-refractivity contribution in [1.29, 1.82) is 0 Å². The van der Waals surface area contributed by atoms with Gasteiger partial charge in [0.15, 0.2) is 0 Å². The molecule has 0 aliphatic heterocycles. The Labute approximate surface area is 99.9 Å². The zero-order valence-corrected chi connectivity index (χ0v) is 10.9. The lowest BCUT2D eigenvalue weighted by atomic mass is 10.2. The van der Waals surface area contributed by atoms with Crippen molar-refractivity contribution in [2.75, 3.05) is 5.32 Å². The summed E-state index contributed by atoms with van der Waals surface area (Å²) in [5, 5.41) is 7.66. The van der Waals surface area contributed by atoms with Gasteiger partial charge < -0.3 is 5.32 Å². The maximum Gasteiger partial charge on any atom is 0.0702 e. The SMILES string of the molecule is CC(Nc1ccsc1)c1ccc(Br)s1. The summed E-state index contributed by atoms with van der Waals surface area (Å²) < 4.78 is 1.19. The lowest BCUT2D eigenvalue weighted by molar-refractivity contribution is 0.909. The molecule has 2 rings (SSSR count). The molecule has 0 amide bonds. The molecule has 14 heavy (non-hydrogen) atoms. The topological polar surface area (TPSA) is 12.0 Å². The summed E-state index contributed by atoms with van der Waals surface area (Å²) in [6.45, 7) is 2.18. The fourth-order valence-electron chi connectivity index (χ4n) is 1.23. The van der Waals surface area contributed by atoms with E-state index >= 15 is 0 Å². The molecule has 4 heteroatoms. The number of thiophene rings is 2. The Bertz CT molecular complexity index is 394. The lowest BCUT2D eigenvalue weighted by Gasteiger charge is -2.11. The molecule has 1 unspecified atom stereocenters. The highest BCUT2D eigenvalue weighted by atomic mass is 79.9. The maximum absolute atomic E-state index is 3.47. The minimum atomic E-state index is 0.376. The number of hydrogen-bond acceptors (Lipinski definition) is 3. The van der Waals surface area contributed by atoms with Crippen LogP contribution in [-0.2, 0) is 0 Å². The van der Waals surface area contributed by atoms with E-state index in [-0.39, 0.29) is 0 Å². The van der Waals surface area contributed by atoms with Crippen molar-refractivity contribution in [2.24, 2.45) is 0 Å². The Kier molecular flexibility index (Phi) is 3.26. The first-order chi connectivity index (χ1) is 6.75. The molecule has 0 fully saturated rings. The van der Waals surface area contributed by atoms with Crippen LogP contribution in [-0.4, -0.2) is 0 Å². The molecule has 2 heterocycles. The fraction of sp³-hybridized carbons (Fsp3) is 0.200. The summed E-state index contributed by atoms with van der Waals surface area (Å²) in [5.74, 6) is 0. The van der Waals surface area contributed by atoms with Crippen molar-refractivity contribution in [3.63, 3.8) is 0 Å². The molecule has 74 valence electrons. The Balaban J connectivity index is 2.06. The maximum atomic E-state index is 3.47. The smallest absolute Gasteiger partial charge is 0.0702 e. The van der Waals surface area contributed by atoms with E-state index in [1.54, 1.807) is 22.7 Å². The summed E-state index contributed by atoms with van der Waals surface area (Å²) >= 11 is 6.96. The molecule has 1 atom stereocenters. The fourth-order valence-corrected chi connectivity index (χ4v) is 3.25. The second-order valence-electron chi connectivity index (χ2n) is 3.02. The Morgan fingerprint density at radius 2 is 2.21 bits per heavy atom. The van der Waals surface area contributed by atoms with Crippen LogP contribution >= 0.6 is 38.6 Å². The van der Waals surface area contributed by atoms with Crippen molar-refractivity contribution in [1.82, 2.24) is 0 Å². The van der Waals surface area contributed by atoms with Crippen LogP contribution in [0, 0.1) is 0 Å². The summed E-state index contributed by atoms with van der Waals surface area (Å²) in [6, 6.07) is 6.72. The number of nitrogens with one attached hydrogen (secondary N) is 1. The third-order valence-electron chi connectivity index (χ3n) is 1.93. The highest BCUT2D eigenvalue weighted by molar-refractivity contribution is 9.11. The monoisotopic (exact) mass is 287 g/mol. The average Bonchev–Trinajstić information content (AvgIpc) is 2.75. The van der Waals surface area contributed by atoms with Crippen LogP contribution in [0.2, 0.25) is 0 Å². The third kappa shape index (κ3) is 2.38. The van der Waals surface area contributed by atoms with Gasteiger partial charge in [-0.25, -0.2) is 0 Å². The van der Waals surface area contributed by atoms with Gasteiger partial charge in [0.2, 0.25) is 0 Å². The molecule has 0 aliphatic carbocycles. The van der Waals surface area contributed by atoms with E-state index in [9.17, 15) is 0 Å². The molecule has 1 nitrogen and oxygen atoms in total. The first kappa shape index (κ1) is 10.2. The highest BCUT2D eigenvalue weighted by Gasteiger charge is 2.07. The van der Waals surface area contributed by atoms with Gasteiger partial charge in [0, 0.05) is 15.9 Å². The van der Waals surface area contributed by atoms with E-state index in [1.165, 1.54) is 14.4 Å². The molecule has 0 aliphatic rings. The number of halogens is 1. The van der Waals surface area contributed by atoms with Crippen LogP contribution in [0.4, 0.5) is 5.69 Å². The molecular weight excluding hydrogens is 278 g/mol. The molecule has 2 aromatic rings. The highest BCUT2D eigenvalue weighted by Crippen LogP contribution is 2.29. The Morgan fingerprint density at radius 1 is 1.36 bits per heavy atom. The number of anilines is 1. The number of hydrogen-bond donors (Lipinski definition) is 1. The van der Waals surface area contributed by atoms with E-state index in [0.29, 0.717) is 6.04 Å². The van der Waals surface area contributed by atoms with Crippen LogP contribution < -0.4 is 5.32 Å². The summed E-state index contributed by atoms with van der Waals surface area (Å²) in [4.78, 5) is 1.35. The van der Waals surface area contributed by atoms with Gasteiger partial charge in [-0.05, 0) is 46.4 Å². The predicted molar refractivity (Wildman–Crippen MR) is 68.4 cm³/mol. The van der Waals surface area contributed by atoms with E-state index in [2.05, 4.69) is 57.1 Å². The minimum absolute atomic E-state index is 0.376. The first-order valence-corrected chi connectivity index (χ1v) is 6.85. The van der Waals surface area contributed by atoms with Crippen molar-refractivity contribution < 1.29 is 0 Å². The zero-order valence-electron chi connectivity index (χ0n) is 7.66. The van der Waals surface area contributed by atoms with E-state index < -0.39 is 0 Å². The van der Waals surface area contributed by atoms with Gasteiger partial charge in [0.25, 0.3) is 0 Å². The van der Waals surface area contributed by atoms with E-state index in [1.807, 2.05) is 0 Å². The largest absolute Gasteiger partial charge is 0.377 e. The Morgan fingerprint density at radius 3 is 2.79 bits per heavy atom. The molecule has 0 aromatic carbocycles. The molecule has 0 bridgehead atoms. The molecule has 2 aromatic heterocycles. The molecule has 0 saturated carbocycles. The average molecular weight is 288 g/mol. The van der Waals surface area contributed by atoms with Crippen LogP contribution in [0.25, 0.3) is 0 Å². The second-order valence-corrected chi connectivity index (χ2v) is 6.29. The molecule has 1 N–H and O–H groups in total. The third-order valence-corrected chi connectivity index (χ3v) is 4.41. The first-order valence-electron chi connectivity index (χ1n) is 4.29. The molecule has 0 saturated heterocycles. The minimum Gasteiger partial charge on any atom is -0.377 e. The van der Waals surface area contributed by atoms with Gasteiger partial charge in [0.05, 0.1) is 9.83 Å². The van der Waals surface area contributed by atoms with Gasteiger partial charge in [-0.2, -0.15) is 11.3 Å².